The summed E-state index contributed by atoms with van der Waals surface area (Å²) in [4.78, 5) is 8.42. The first-order valence-electron chi connectivity index (χ1n) is 8.46. The second kappa shape index (κ2) is 7.70. The molecule has 0 fully saturated rings. The molecule has 3 aromatic carbocycles. The Morgan fingerprint density at radius 3 is 2.75 bits per heavy atom. The molecule has 0 aliphatic heterocycles. The van der Waals surface area contributed by atoms with Crippen molar-refractivity contribution in [2.45, 2.75) is 6.61 Å². The van der Waals surface area contributed by atoms with Crippen molar-refractivity contribution in [3.8, 4) is 11.5 Å². The number of nitrogens with one attached hydrogen (secondary N) is 1. The number of aromatic hydroxyl groups is 1. The number of rotatable bonds is 5. The smallest absolute Gasteiger partial charge is 0.141 e. The number of phenolic OH excluding ortho intramolecular Hbond substituents is 1. The fourth-order valence-corrected chi connectivity index (χ4v) is 3.00. The summed E-state index contributed by atoms with van der Waals surface area (Å²) in [5, 5.41) is 14.0. The number of hydrogen-bond donors (Lipinski definition) is 2. The van der Waals surface area contributed by atoms with Crippen LogP contribution in [0.3, 0.4) is 0 Å². The summed E-state index contributed by atoms with van der Waals surface area (Å²) < 4.78 is 18.9. The van der Waals surface area contributed by atoms with Crippen molar-refractivity contribution in [3.05, 3.63) is 83.4 Å². The van der Waals surface area contributed by atoms with Crippen molar-refractivity contribution in [3.63, 3.8) is 0 Å². The van der Waals surface area contributed by atoms with Gasteiger partial charge in [-0.05, 0) is 54.1 Å². The Hall–Kier alpha value is -3.38. The molecule has 28 heavy (non-hydrogen) atoms. The lowest BCUT2D eigenvalue weighted by Crippen LogP contribution is -1.98. The molecule has 0 amide bonds. The van der Waals surface area contributed by atoms with Gasteiger partial charge in [0.25, 0.3) is 0 Å². The van der Waals surface area contributed by atoms with Gasteiger partial charge in [0.15, 0.2) is 0 Å². The maximum atomic E-state index is 13.3. The van der Waals surface area contributed by atoms with E-state index in [-0.39, 0.29) is 18.2 Å². The van der Waals surface area contributed by atoms with Crippen molar-refractivity contribution < 1.29 is 14.2 Å². The number of phenols is 1. The van der Waals surface area contributed by atoms with Gasteiger partial charge in [-0.3, -0.25) is 0 Å². The van der Waals surface area contributed by atoms with Crippen LogP contribution in [0.2, 0.25) is 5.02 Å². The van der Waals surface area contributed by atoms with E-state index in [1.54, 1.807) is 48.5 Å². The minimum absolute atomic E-state index is 0.129. The fourth-order valence-electron chi connectivity index (χ4n) is 2.76. The van der Waals surface area contributed by atoms with Crippen LogP contribution in [0.15, 0.2) is 67.0 Å². The molecule has 0 spiro atoms. The van der Waals surface area contributed by atoms with Crippen molar-refractivity contribution >= 4 is 34.0 Å². The summed E-state index contributed by atoms with van der Waals surface area (Å²) in [6.45, 7) is 0.208. The Morgan fingerprint density at radius 1 is 1.04 bits per heavy atom. The molecule has 4 aromatic rings. The standard InChI is InChI=1S/C21H15ClFN3O2/c22-18-9-15(4-7-20(18)28-11-13-2-1-3-14(23)8-13)26-21-17-10-16(27)5-6-19(17)24-12-25-21/h1-10,12,27H,11H2,(H,24,25,26). The lowest BCUT2D eigenvalue weighted by molar-refractivity contribution is 0.306. The van der Waals surface area contributed by atoms with Gasteiger partial charge < -0.3 is 15.2 Å². The summed E-state index contributed by atoms with van der Waals surface area (Å²) in [5.74, 6) is 0.853. The highest BCUT2D eigenvalue weighted by atomic mass is 35.5. The minimum atomic E-state index is -0.310. The number of benzene rings is 3. The molecule has 0 atom stereocenters. The van der Waals surface area contributed by atoms with Crippen molar-refractivity contribution in [2.24, 2.45) is 0 Å². The van der Waals surface area contributed by atoms with E-state index in [4.69, 9.17) is 16.3 Å². The molecule has 4 rings (SSSR count). The largest absolute Gasteiger partial charge is 0.508 e. The normalized spacial score (nSPS) is 10.8. The zero-order chi connectivity index (χ0) is 19.5. The molecule has 0 saturated heterocycles. The van der Waals surface area contributed by atoms with E-state index in [0.717, 1.165) is 0 Å². The number of fused-ring (bicyclic) bond motifs is 1. The average Bonchev–Trinajstić information content (AvgIpc) is 2.68. The van der Waals surface area contributed by atoms with E-state index in [9.17, 15) is 9.50 Å². The molecule has 0 bridgehead atoms. The van der Waals surface area contributed by atoms with Gasteiger partial charge in [-0.25, -0.2) is 14.4 Å². The third-order valence-electron chi connectivity index (χ3n) is 4.10. The first-order chi connectivity index (χ1) is 13.6. The molecule has 2 N–H and O–H groups in total. The quantitative estimate of drug-likeness (QED) is 0.470. The van der Waals surface area contributed by atoms with E-state index >= 15 is 0 Å². The Kier molecular flexibility index (Phi) is 4.95. The summed E-state index contributed by atoms with van der Waals surface area (Å²) in [5.41, 5.74) is 2.12. The fraction of sp³-hybridized carbons (Fsp3) is 0.0476. The number of anilines is 2. The summed E-state index contributed by atoms with van der Waals surface area (Å²) in [6.07, 6.45) is 1.44. The molecule has 7 heteroatoms. The number of halogens is 2. The second-order valence-electron chi connectivity index (χ2n) is 6.11. The molecule has 140 valence electrons. The predicted molar refractivity (Wildman–Crippen MR) is 107 cm³/mol. The van der Waals surface area contributed by atoms with Crippen LogP contribution in [0.4, 0.5) is 15.9 Å². The Morgan fingerprint density at radius 2 is 1.93 bits per heavy atom. The topological polar surface area (TPSA) is 67.3 Å². The Labute approximate surface area is 165 Å². The van der Waals surface area contributed by atoms with Gasteiger partial charge in [0, 0.05) is 11.1 Å². The number of nitrogens with zero attached hydrogens (tertiary/aromatic N) is 2. The van der Waals surface area contributed by atoms with Gasteiger partial charge in [0.05, 0.1) is 10.5 Å². The molecular formula is C21H15ClFN3O2. The monoisotopic (exact) mass is 395 g/mol. The third-order valence-corrected chi connectivity index (χ3v) is 4.39. The van der Waals surface area contributed by atoms with Crippen LogP contribution >= 0.6 is 11.6 Å². The van der Waals surface area contributed by atoms with Crippen LogP contribution in [0.25, 0.3) is 10.9 Å². The highest BCUT2D eigenvalue weighted by molar-refractivity contribution is 6.32. The van der Waals surface area contributed by atoms with Crippen LogP contribution in [-0.4, -0.2) is 15.1 Å². The summed E-state index contributed by atoms with van der Waals surface area (Å²) >= 11 is 6.32. The van der Waals surface area contributed by atoms with Crippen LogP contribution in [0, 0.1) is 5.82 Å². The molecule has 1 heterocycles. The number of ether oxygens (including phenoxy) is 1. The second-order valence-corrected chi connectivity index (χ2v) is 6.52. The first-order valence-corrected chi connectivity index (χ1v) is 8.84. The number of aromatic nitrogens is 2. The van der Waals surface area contributed by atoms with Gasteiger partial charge in [-0.2, -0.15) is 0 Å². The molecule has 0 saturated carbocycles. The molecular weight excluding hydrogens is 381 g/mol. The molecule has 0 aliphatic rings. The van der Waals surface area contributed by atoms with Crippen molar-refractivity contribution in [1.29, 1.82) is 0 Å². The van der Waals surface area contributed by atoms with E-state index in [1.807, 2.05) is 0 Å². The minimum Gasteiger partial charge on any atom is -0.508 e. The molecule has 5 nitrogen and oxygen atoms in total. The highest BCUT2D eigenvalue weighted by Gasteiger charge is 2.08. The molecule has 0 radical (unpaired) electrons. The molecule has 1 aromatic heterocycles. The van der Waals surface area contributed by atoms with E-state index in [1.165, 1.54) is 18.5 Å². The first kappa shape index (κ1) is 18.0. The third kappa shape index (κ3) is 3.97. The Bertz CT molecular complexity index is 1150. The maximum absolute atomic E-state index is 13.3. The van der Waals surface area contributed by atoms with Gasteiger partial charge in [-0.1, -0.05) is 23.7 Å². The lowest BCUT2D eigenvalue weighted by atomic mass is 10.2. The molecule has 0 unspecified atom stereocenters. The van der Waals surface area contributed by atoms with E-state index in [0.29, 0.717) is 38.7 Å². The molecule has 0 aliphatic carbocycles. The van der Waals surface area contributed by atoms with Gasteiger partial charge in [0.1, 0.15) is 36.1 Å². The predicted octanol–water partition coefficient (Wildman–Crippen LogP) is 5.45. The van der Waals surface area contributed by atoms with Gasteiger partial charge in [-0.15, -0.1) is 0 Å². The highest BCUT2D eigenvalue weighted by Crippen LogP contribution is 2.31. The lowest BCUT2D eigenvalue weighted by Gasteiger charge is -2.12. The van der Waals surface area contributed by atoms with Crippen LogP contribution in [0.5, 0.6) is 11.5 Å². The zero-order valence-corrected chi connectivity index (χ0v) is 15.3. The average molecular weight is 396 g/mol. The Balaban J connectivity index is 1.53. The van der Waals surface area contributed by atoms with Crippen molar-refractivity contribution in [2.75, 3.05) is 5.32 Å². The van der Waals surface area contributed by atoms with Crippen molar-refractivity contribution in [1.82, 2.24) is 9.97 Å². The van der Waals surface area contributed by atoms with Crippen LogP contribution in [0.1, 0.15) is 5.56 Å². The SMILES string of the molecule is Oc1ccc2ncnc(Nc3ccc(OCc4cccc(F)c4)c(Cl)c3)c2c1. The maximum Gasteiger partial charge on any atom is 0.141 e. The van der Waals surface area contributed by atoms with E-state index in [2.05, 4.69) is 15.3 Å². The van der Waals surface area contributed by atoms with Crippen LogP contribution in [-0.2, 0) is 6.61 Å². The van der Waals surface area contributed by atoms with Gasteiger partial charge >= 0.3 is 0 Å². The van der Waals surface area contributed by atoms with Crippen LogP contribution < -0.4 is 10.1 Å². The number of hydrogen-bond acceptors (Lipinski definition) is 5. The summed E-state index contributed by atoms with van der Waals surface area (Å²) in [7, 11) is 0. The van der Waals surface area contributed by atoms with E-state index < -0.39 is 0 Å². The summed E-state index contributed by atoms with van der Waals surface area (Å²) in [6, 6.07) is 16.3. The van der Waals surface area contributed by atoms with Gasteiger partial charge in [0.2, 0.25) is 0 Å². The zero-order valence-electron chi connectivity index (χ0n) is 14.6.